The fraction of sp³-hybridized carbons (Fsp3) is 0.529. The van der Waals surface area contributed by atoms with Crippen LogP contribution in [0.4, 0.5) is 0 Å². The second-order valence-electron chi connectivity index (χ2n) is 6.21. The monoisotopic (exact) mass is 301 g/mol. The summed E-state index contributed by atoms with van der Waals surface area (Å²) in [5.74, 6) is 0.304. The molecule has 0 aromatic heterocycles. The van der Waals surface area contributed by atoms with Gasteiger partial charge in [0.1, 0.15) is 0 Å². The third-order valence-corrected chi connectivity index (χ3v) is 4.61. The van der Waals surface area contributed by atoms with Gasteiger partial charge in [0.15, 0.2) is 0 Å². The van der Waals surface area contributed by atoms with Crippen molar-refractivity contribution in [3.8, 4) is 0 Å². The number of nitrogens with zero attached hydrogens (tertiary/aromatic N) is 3. The lowest BCUT2D eigenvalue weighted by atomic mass is 9.98. The van der Waals surface area contributed by atoms with Gasteiger partial charge in [0.2, 0.25) is 11.8 Å². The Bertz CT molecular complexity index is 532. The van der Waals surface area contributed by atoms with Crippen LogP contribution in [0.2, 0.25) is 0 Å². The van der Waals surface area contributed by atoms with E-state index < -0.39 is 0 Å². The molecule has 2 amide bonds. The zero-order valence-electron chi connectivity index (χ0n) is 13.1. The number of hydrogen-bond acceptors (Lipinski definition) is 3. The number of piperazine rings is 1. The molecule has 0 aliphatic carbocycles. The summed E-state index contributed by atoms with van der Waals surface area (Å²) in [6, 6.07) is 10.4. The van der Waals surface area contributed by atoms with E-state index in [9.17, 15) is 9.59 Å². The highest BCUT2D eigenvalue weighted by Gasteiger charge is 2.37. The second-order valence-corrected chi connectivity index (χ2v) is 6.21. The predicted octanol–water partition coefficient (Wildman–Crippen LogP) is 0.809. The van der Waals surface area contributed by atoms with Gasteiger partial charge in [0.05, 0.1) is 5.92 Å². The van der Waals surface area contributed by atoms with Crippen molar-refractivity contribution >= 4 is 11.8 Å². The van der Waals surface area contributed by atoms with Crippen molar-refractivity contribution in [1.29, 1.82) is 0 Å². The number of hydrogen-bond donors (Lipinski definition) is 0. The minimum Gasteiger partial charge on any atom is -0.341 e. The van der Waals surface area contributed by atoms with Gasteiger partial charge in [-0.15, -0.1) is 0 Å². The van der Waals surface area contributed by atoms with Gasteiger partial charge in [-0.2, -0.15) is 0 Å². The minimum atomic E-state index is 0.0181. The molecule has 5 nitrogen and oxygen atoms in total. The quantitative estimate of drug-likeness (QED) is 0.830. The van der Waals surface area contributed by atoms with E-state index in [2.05, 4.69) is 29.2 Å². The van der Waals surface area contributed by atoms with Gasteiger partial charge < -0.3 is 9.80 Å². The molecule has 0 bridgehead atoms. The lowest BCUT2D eigenvalue weighted by Crippen LogP contribution is -2.58. The topological polar surface area (TPSA) is 43.9 Å². The fourth-order valence-electron chi connectivity index (χ4n) is 3.12. The predicted molar refractivity (Wildman–Crippen MR) is 84.0 cm³/mol. The molecule has 2 aliphatic heterocycles. The van der Waals surface area contributed by atoms with Crippen LogP contribution in [-0.2, 0) is 16.1 Å². The molecule has 0 atom stereocenters. The van der Waals surface area contributed by atoms with Gasteiger partial charge in [-0.3, -0.25) is 14.5 Å². The number of benzene rings is 1. The number of carbonyl (C=O) groups is 2. The van der Waals surface area contributed by atoms with Gasteiger partial charge in [0.25, 0.3) is 0 Å². The van der Waals surface area contributed by atoms with Crippen LogP contribution in [0, 0.1) is 5.92 Å². The van der Waals surface area contributed by atoms with E-state index in [0.717, 1.165) is 32.7 Å². The van der Waals surface area contributed by atoms with E-state index in [-0.39, 0.29) is 17.7 Å². The summed E-state index contributed by atoms with van der Waals surface area (Å²) in [6.07, 6.45) is 0. The van der Waals surface area contributed by atoms with E-state index in [4.69, 9.17) is 0 Å². The van der Waals surface area contributed by atoms with Crippen LogP contribution in [-0.4, -0.2) is 65.8 Å². The summed E-state index contributed by atoms with van der Waals surface area (Å²) in [5, 5.41) is 0. The van der Waals surface area contributed by atoms with Crippen LogP contribution < -0.4 is 0 Å². The van der Waals surface area contributed by atoms with E-state index >= 15 is 0 Å². The van der Waals surface area contributed by atoms with Gasteiger partial charge in [-0.05, 0) is 5.56 Å². The second kappa shape index (κ2) is 6.48. The van der Waals surface area contributed by atoms with Gasteiger partial charge >= 0.3 is 0 Å². The molecule has 0 unspecified atom stereocenters. The molecule has 2 saturated heterocycles. The fourth-order valence-corrected chi connectivity index (χ4v) is 3.12. The SMILES string of the molecule is CC(=O)N1CC(C(=O)N2CCN(Cc3ccccc3)CC2)C1. The maximum atomic E-state index is 12.4. The van der Waals surface area contributed by atoms with Gasteiger partial charge in [0, 0.05) is 52.7 Å². The molecular weight excluding hydrogens is 278 g/mol. The van der Waals surface area contributed by atoms with Crippen LogP contribution in [0.1, 0.15) is 12.5 Å². The molecule has 5 heteroatoms. The van der Waals surface area contributed by atoms with E-state index in [0.29, 0.717) is 13.1 Å². The van der Waals surface area contributed by atoms with Crippen LogP contribution in [0.3, 0.4) is 0 Å². The van der Waals surface area contributed by atoms with Crippen LogP contribution in [0.5, 0.6) is 0 Å². The maximum absolute atomic E-state index is 12.4. The minimum absolute atomic E-state index is 0.0181. The van der Waals surface area contributed by atoms with Crippen LogP contribution in [0.25, 0.3) is 0 Å². The average molecular weight is 301 g/mol. The highest BCUT2D eigenvalue weighted by molar-refractivity contribution is 5.83. The summed E-state index contributed by atoms with van der Waals surface area (Å²) in [4.78, 5) is 29.6. The first-order valence-corrected chi connectivity index (χ1v) is 7.94. The highest BCUT2D eigenvalue weighted by atomic mass is 16.2. The Kier molecular flexibility index (Phi) is 4.43. The first-order valence-electron chi connectivity index (χ1n) is 7.94. The first-order chi connectivity index (χ1) is 10.6. The van der Waals surface area contributed by atoms with Crippen molar-refractivity contribution in [2.75, 3.05) is 39.3 Å². The Morgan fingerprint density at radius 1 is 1.00 bits per heavy atom. The third kappa shape index (κ3) is 3.30. The third-order valence-electron chi connectivity index (χ3n) is 4.61. The normalized spacial score (nSPS) is 19.9. The summed E-state index contributed by atoms with van der Waals surface area (Å²) >= 11 is 0. The molecule has 3 rings (SSSR count). The maximum Gasteiger partial charge on any atom is 0.229 e. The van der Waals surface area contributed by atoms with Gasteiger partial charge in [-0.1, -0.05) is 30.3 Å². The molecule has 0 spiro atoms. The number of carbonyl (C=O) groups excluding carboxylic acids is 2. The van der Waals surface area contributed by atoms with Crippen molar-refractivity contribution in [2.45, 2.75) is 13.5 Å². The van der Waals surface area contributed by atoms with Crippen molar-refractivity contribution in [2.24, 2.45) is 5.92 Å². The Balaban J connectivity index is 1.44. The van der Waals surface area contributed by atoms with Crippen LogP contribution >= 0.6 is 0 Å². The molecule has 2 fully saturated rings. The Morgan fingerprint density at radius 3 is 2.23 bits per heavy atom. The van der Waals surface area contributed by atoms with E-state index in [1.165, 1.54) is 5.56 Å². The molecule has 118 valence electrons. The summed E-state index contributed by atoms with van der Waals surface area (Å²) in [6.45, 7) is 7.13. The summed E-state index contributed by atoms with van der Waals surface area (Å²) in [7, 11) is 0. The lowest BCUT2D eigenvalue weighted by molar-refractivity contribution is -0.148. The highest BCUT2D eigenvalue weighted by Crippen LogP contribution is 2.19. The number of amides is 2. The molecular formula is C17H23N3O2. The Morgan fingerprint density at radius 2 is 1.64 bits per heavy atom. The van der Waals surface area contributed by atoms with E-state index in [1.54, 1.807) is 11.8 Å². The molecule has 1 aromatic carbocycles. The van der Waals surface area contributed by atoms with Crippen LogP contribution in [0.15, 0.2) is 30.3 Å². The Labute approximate surface area is 131 Å². The summed E-state index contributed by atoms with van der Waals surface area (Å²) < 4.78 is 0. The number of likely N-dealkylation sites (tertiary alicyclic amines) is 1. The summed E-state index contributed by atoms with van der Waals surface area (Å²) in [5.41, 5.74) is 1.32. The Hall–Kier alpha value is -1.88. The molecule has 1 aromatic rings. The van der Waals surface area contributed by atoms with Crippen molar-refractivity contribution in [3.05, 3.63) is 35.9 Å². The zero-order valence-corrected chi connectivity index (χ0v) is 13.1. The molecule has 2 aliphatic rings. The molecule has 0 saturated carbocycles. The van der Waals surface area contributed by atoms with Crippen molar-refractivity contribution in [3.63, 3.8) is 0 Å². The lowest BCUT2D eigenvalue weighted by Gasteiger charge is -2.42. The van der Waals surface area contributed by atoms with E-state index in [1.807, 2.05) is 11.0 Å². The molecule has 0 radical (unpaired) electrons. The average Bonchev–Trinajstić information content (AvgIpc) is 2.47. The molecule has 0 N–H and O–H groups in total. The van der Waals surface area contributed by atoms with Crippen molar-refractivity contribution in [1.82, 2.24) is 14.7 Å². The first kappa shape index (κ1) is 15.0. The van der Waals surface area contributed by atoms with Crippen molar-refractivity contribution < 1.29 is 9.59 Å². The zero-order chi connectivity index (χ0) is 15.5. The largest absolute Gasteiger partial charge is 0.341 e. The standard InChI is InChI=1S/C17H23N3O2/c1-14(21)20-12-16(13-20)17(22)19-9-7-18(8-10-19)11-15-5-3-2-4-6-15/h2-6,16H,7-13H2,1H3. The smallest absolute Gasteiger partial charge is 0.229 e. The van der Waals surface area contributed by atoms with Gasteiger partial charge in [-0.25, -0.2) is 0 Å². The molecule has 2 heterocycles. The molecule has 22 heavy (non-hydrogen) atoms. The number of rotatable bonds is 3.